The van der Waals surface area contributed by atoms with Gasteiger partial charge < -0.3 is 0 Å². The molecule has 0 saturated heterocycles. The standard InChI is InChI=1S/C22H16N2/c1-3-11-19(12-4-1)22-20(16-15-18-9-7-8-10-18)17-23-24(22)21-13-5-2-6-14-21/h1-9,11-14,17H,10H2. The van der Waals surface area contributed by atoms with Crippen LogP contribution >= 0.6 is 0 Å². The third-order valence-corrected chi connectivity index (χ3v) is 3.95. The fourth-order valence-electron chi connectivity index (χ4n) is 2.77. The first-order valence-electron chi connectivity index (χ1n) is 7.98. The van der Waals surface area contributed by atoms with Crippen LogP contribution in [-0.4, -0.2) is 9.78 Å². The average Bonchev–Trinajstić information content (AvgIpc) is 3.31. The zero-order chi connectivity index (χ0) is 16.2. The van der Waals surface area contributed by atoms with Gasteiger partial charge in [-0.3, -0.25) is 0 Å². The van der Waals surface area contributed by atoms with Crippen LogP contribution in [-0.2, 0) is 0 Å². The van der Waals surface area contributed by atoms with Crippen LogP contribution in [0, 0.1) is 11.8 Å². The summed E-state index contributed by atoms with van der Waals surface area (Å²) < 4.78 is 1.96. The first-order chi connectivity index (χ1) is 11.9. The van der Waals surface area contributed by atoms with E-state index in [4.69, 9.17) is 0 Å². The third kappa shape index (κ3) is 2.80. The minimum Gasteiger partial charge on any atom is -0.232 e. The topological polar surface area (TPSA) is 17.8 Å². The van der Waals surface area contributed by atoms with E-state index < -0.39 is 0 Å². The molecule has 0 unspecified atom stereocenters. The van der Waals surface area contributed by atoms with E-state index in [9.17, 15) is 0 Å². The van der Waals surface area contributed by atoms with Gasteiger partial charge in [-0.25, -0.2) is 4.68 Å². The molecule has 0 aliphatic heterocycles. The van der Waals surface area contributed by atoms with E-state index >= 15 is 0 Å². The lowest BCUT2D eigenvalue weighted by molar-refractivity contribution is 0.888. The van der Waals surface area contributed by atoms with Crippen LogP contribution in [0.1, 0.15) is 12.0 Å². The normalized spacial score (nSPS) is 12.6. The molecule has 1 heterocycles. The summed E-state index contributed by atoms with van der Waals surface area (Å²) >= 11 is 0. The molecule has 1 aliphatic rings. The molecule has 0 saturated carbocycles. The maximum Gasteiger partial charge on any atom is 0.0897 e. The molecule has 0 bridgehead atoms. The van der Waals surface area contributed by atoms with Crippen LogP contribution in [0.2, 0.25) is 0 Å². The number of hydrogen-bond acceptors (Lipinski definition) is 1. The van der Waals surface area contributed by atoms with Gasteiger partial charge in [-0.05, 0) is 18.6 Å². The monoisotopic (exact) mass is 308 g/mol. The van der Waals surface area contributed by atoms with E-state index in [1.54, 1.807) is 0 Å². The first-order valence-corrected chi connectivity index (χ1v) is 7.98. The van der Waals surface area contributed by atoms with E-state index in [-0.39, 0.29) is 0 Å². The Hall–Kier alpha value is -3.31. The second-order valence-corrected chi connectivity index (χ2v) is 5.59. The highest BCUT2D eigenvalue weighted by molar-refractivity contribution is 5.70. The van der Waals surface area contributed by atoms with Gasteiger partial charge in [-0.15, -0.1) is 0 Å². The highest BCUT2D eigenvalue weighted by Gasteiger charge is 2.13. The molecule has 1 aliphatic carbocycles. The Balaban J connectivity index is 1.84. The first kappa shape index (κ1) is 14.3. The largest absolute Gasteiger partial charge is 0.232 e. The smallest absolute Gasteiger partial charge is 0.0897 e. The fraction of sp³-hybridized carbons (Fsp3) is 0.0455. The minimum absolute atomic E-state index is 0.917. The number of allylic oxidation sites excluding steroid dienone is 4. The van der Waals surface area contributed by atoms with Crippen molar-refractivity contribution in [2.24, 2.45) is 0 Å². The van der Waals surface area contributed by atoms with E-state index in [2.05, 4.69) is 59.4 Å². The highest BCUT2D eigenvalue weighted by atomic mass is 15.3. The van der Waals surface area contributed by atoms with E-state index in [1.165, 1.54) is 0 Å². The predicted octanol–water partition coefficient (Wildman–Crippen LogP) is 4.78. The van der Waals surface area contributed by atoms with Crippen molar-refractivity contribution in [1.82, 2.24) is 9.78 Å². The Morgan fingerprint density at radius 2 is 1.62 bits per heavy atom. The Morgan fingerprint density at radius 3 is 2.33 bits per heavy atom. The molecular weight excluding hydrogens is 292 g/mol. The van der Waals surface area contributed by atoms with Crippen LogP contribution in [0.4, 0.5) is 0 Å². The maximum absolute atomic E-state index is 4.59. The van der Waals surface area contributed by atoms with Gasteiger partial charge in [0.2, 0.25) is 0 Å². The molecule has 0 N–H and O–H groups in total. The molecule has 4 rings (SSSR count). The van der Waals surface area contributed by atoms with Gasteiger partial charge in [-0.1, -0.05) is 78.6 Å². The summed E-state index contributed by atoms with van der Waals surface area (Å²) in [5, 5.41) is 4.59. The zero-order valence-corrected chi connectivity index (χ0v) is 13.2. The zero-order valence-electron chi connectivity index (χ0n) is 13.2. The van der Waals surface area contributed by atoms with Crippen molar-refractivity contribution in [2.75, 3.05) is 0 Å². The summed E-state index contributed by atoms with van der Waals surface area (Å²) in [7, 11) is 0. The van der Waals surface area contributed by atoms with Gasteiger partial charge in [0.1, 0.15) is 0 Å². The number of benzene rings is 2. The van der Waals surface area contributed by atoms with Gasteiger partial charge in [0.25, 0.3) is 0 Å². The lowest BCUT2D eigenvalue weighted by Crippen LogP contribution is -1.99. The second kappa shape index (κ2) is 6.44. The number of aromatic nitrogens is 2. The molecule has 0 radical (unpaired) electrons. The molecule has 2 heteroatoms. The Labute approximate surface area is 141 Å². The van der Waals surface area contributed by atoms with Crippen LogP contribution < -0.4 is 0 Å². The molecule has 0 amide bonds. The molecule has 1 aromatic heterocycles. The van der Waals surface area contributed by atoms with Crippen molar-refractivity contribution >= 4 is 0 Å². The highest BCUT2D eigenvalue weighted by Crippen LogP contribution is 2.26. The second-order valence-electron chi connectivity index (χ2n) is 5.59. The molecular formula is C22H16N2. The van der Waals surface area contributed by atoms with Gasteiger partial charge in [-0.2, -0.15) is 5.10 Å². The van der Waals surface area contributed by atoms with E-state index in [1.807, 2.05) is 47.3 Å². The maximum atomic E-state index is 4.59. The summed E-state index contributed by atoms with van der Waals surface area (Å²) in [4.78, 5) is 0. The van der Waals surface area contributed by atoms with Crippen molar-refractivity contribution in [2.45, 2.75) is 6.42 Å². The van der Waals surface area contributed by atoms with Crippen molar-refractivity contribution in [1.29, 1.82) is 0 Å². The summed E-state index contributed by atoms with van der Waals surface area (Å²) in [5.74, 6) is 6.57. The predicted molar refractivity (Wildman–Crippen MR) is 97.7 cm³/mol. The van der Waals surface area contributed by atoms with Gasteiger partial charge in [0.15, 0.2) is 0 Å². The molecule has 24 heavy (non-hydrogen) atoms. The van der Waals surface area contributed by atoms with Crippen LogP contribution in [0.25, 0.3) is 16.9 Å². The summed E-state index contributed by atoms with van der Waals surface area (Å²) in [6.45, 7) is 0. The van der Waals surface area contributed by atoms with E-state index in [0.29, 0.717) is 0 Å². The van der Waals surface area contributed by atoms with Crippen molar-refractivity contribution in [3.8, 4) is 28.8 Å². The number of para-hydroxylation sites is 1. The molecule has 3 aromatic rings. The van der Waals surface area contributed by atoms with E-state index in [0.717, 1.165) is 34.5 Å². The number of rotatable bonds is 2. The minimum atomic E-state index is 0.917. The Morgan fingerprint density at radius 1 is 0.875 bits per heavy atom. The molecule has 2 aromatic carbocycles. The molecule has 2 nitrogen and oxygen atoms in total. The van der Waals surface area contributed by atoms with Crippen LogP contribution in [0.3, 0.4) is 0 Å². The fourth-order valence-corrected chi connectivity index (χ4v) is 2.77. The SMILES string of the molecule is C(#Cc1cnn(-c2ccccc2)c1-c1ccccc1)C1=CC=CC1. The molecule has 0 atom stereocenters. The summed E-state index contributed by atoms with van der Waals surface area (Å²) in [6.07, 6.45) is 9.01. The molecule has 0 spiro atoms. The lowest BCUT2D eigenvalue weighted by Gasteiger charge is -2.08. The summed E-state index contributed by atoms with van der Waals surface area (Å²) in [5.41, 5.74) is 5.26. The van der Waals surface area contributed by atoms with Crippen LogP contribution in [0.5, 0.6) is 0 Å². The van der Waals surface area contributed by atoms with Gasteiger partial charge >= 0.3 is 0 Å². The Bertz CT molecular complexity index is 965. The summed E-state index contributed by atoms with van der Waals surface area (Å²) in [6, 6.07) is 20.5. The quantitative estimate of drug-likeness (QED) is 0.623. The molecule has 114 valence electrons. The van der Waals surface area contributed by atoms with Gasteiger partial charge in [0.05, 0.1) is 23.1 Å². The van der Waals surface area contributed by atoms with Gasteiger partial charge in [0, 0.05) is 11.1 Å². The Kier molecular flexibility index (Phi) is 3.83. The van der Waals surface area contributed by atoms with Crippen molar-refractivity contribution < 1.29 is 0 Å². The number of hydrogen-bond donors (Lipinski definition) is 0. The van der Waals surface area contributed by atoms with Crippen LogP contribution in [0.15, 0.2) is 90.7 Å². The van der Waals surface area contributed by atoms with Crippen molar-refractivity contribution in [3.63, 3.8) is 0 Å². The molecule has 0 fully saturated rings. The number of nitrogens with zero attached hydrogens (tertiary/aromatic N) is 2. The third-order valence-electron chi connectivity index (χ3n) is 3.95. The average molecular weight is 308 g/mol. The lowest BCUT2D eigenvalue weighted by atomic mass is 10.1. The van der Waals surface area contributed by atoms with Crippen molar-refractivity contribution in [3.05, 3.63) is 96.2 Å².